The molecule has 1 fully saturated rings. The first kappa shape index (κ1) is 16.4. The summed E-state index contributed by atoms with van der Waals surface area (Å²) in [4.78, 5) is 0.0389. The maximum Gasteiger partial charge on any atom is 0.243 e. The van der Waals surface area contributed by atoms with Gasteiger partial charge in [0, 0.05) is 19.1 Å². The van der Waals surface area contributed by atoms with E-state index in [9.17, 15) is 12.8 Å². The van der Waals surface area contributed by atoms with Gasteiger partial charge in [-0.25, -0.2) is 12.8 Å². The van der Waals surface area contributed by atoms with Gasteiger partial charge in [-0.3, -0.25) is 0 Å². The molecule has 1 heterocycles. The lowest BCUT2D eigenvalue weighted by molar-refractivity contribution is 0.369. The van der Waals surface area contributed by atoms with Crippen molar-refractivity contribution < 1.29 is 12.8 Å². The van der Waals surface area contributed by atoms with E-state index >= 15 is 0 Å². The average molecular weight is 314 g/mol. The standard InChI is InChI=1S/C15H23FN2O2S/c1-3-9-18(11-13-5-4-8-17-13)21(19,20)14-7-6-12(2)15(16)10-14/h6-7,10,13,17H,3-5,8-9,11H2,1-2H3. The number of nitrogens with one attached hydrogen (secondary N) is 1. The Morgan fingerprint density at radius 2 is 2.19 bits per heavy atom. The van der Waals surface area contributed by atoms with Crippen LogP contribution in [0.25, 0.3) is 0 Å². The lowest BCUT2D eigenvalue weighted by Gasteiger charge is -2.25. The van der Waals surface area contributed by atoms with Crippen LogP contribution in [0, 0.1) is 12.7 Å². The van der Waals surface area contributed by atoms with E-state index in [0.29, 0.717) is 18.7 Å². The molecule has 0 bridgehead atoms. The van der Waals surface area contributed by atoms with Gasteiger partial charge >= 0.3 is 0 Å². The number of hydrogen-bond donors (Lipinski definition) is 1. The Hall–Kier alpha value is -0.980. The Morgan fingerprint density at radius 1 is 1.43 bits per heavy atom. The fraction of sp³-hybridized carbons (Fsp3) is 0.600. The molecule has 1 aromatic carbocycles. The average Bonchev–Trinajstić information content (AvgIpc) is 2.94. The Kier molecular flexibility index (Phi) is 5.35. The Balaban J connectivity index is 2.25. The molecule has 6 heteroatoms. The van der Waals surface area contributed by atoms with Crippen LogP contribution in [0.4, 0.5) is 4.39 Å². The molecule has 1 atom stereocenters. The fourth-order valence-corrected chi connectivity index (χ4v) is 4.19. The molecule has 1 aliphatic rings. The Labute approximate surface area is 126 Å². The third-order valence-electron chi connectivity index (χ3n) is 3.84. The number of rotatable bonds is 6. The van der Waals surface area contributed by atoms with E-state index in [4.69, 9.17) is 0 Å². The van der Waals surface area contributed by atoms with E-state index in [1.54, 1.807) is 6.92 Å². The van der Waals surface area contributed by atoms with Gasteiger partial charge in [-0.15, -0.1) is 0 Å². The minimum absolute atomic E-state index is 0.0389. The van der Waals surface area contributed by atoms with E-state index < -0.39 is 15.8 Å². The smallest absolute Gasteiger partial charge is 0.243 e. The van der Waals surface area contributed by atoms with Crippen molar-refractivity contribution in [3.05, 3.63) is 29.6 Å². The predicted molar refractivity (Wildman–Crippen MR) is 81.2 cm³/mol. The van der Waals surface area contributed by atoms with Gasteiger partial charge < -0.3 is 5.32 Å². The zero-order valence-electron chi connectivity index (χ0n) is 12.6. The fourth-order valence-electron chi connectivity index (χ4n) is 2.60. The van der Waals surface area contributed by atoms with Crippen LogP contribution in [-0.2, 0) is 10.0 Å². The summed E-state index contributed by atoms with van der Waals surface area (Å²) < 4.78 is 40.6. The van der Waals surface area contributed by atoms with Crippen LogP contribution in [0.1, 0.15) is 31.7 Å². The van der Waals surface area contributed by atoms with Gasteiger partial charge in [-0.05, 0) is 50.4 Å². The molecule has 0 aliphatic carbocycles. The van der Waals surface area contributed by atoms with Crippen molar-refractivity contribution in [3.8, 4) is 0 Å². The van der Waals surface area contributed by atoms with Crippen molar-refractivity contribution in [2.24, 2.45) is 0 Å². The number of nitrogens with zero attached hydrogens (tertiary/aromatic N) is 1. The summed E-state index contributed by atoms with van der Waals surface area (Å²) in [6, 6.07) is 4.32. The molecule has 118 valence electrons. The number of halogens is 1. The maximum absolute atomic E-state index is 13.7. The van der Waals surface area contributed by atoms with Crippen molar-refractivity contribution in [2.45, 2.75) is 44.0 Å². The molecule has 2 rings (SSSR count). The quantitative estimate of drug-likeness (QED) is 0.876. The molecule has 1 aromatic rings. The highest BCUT2D eigenvalue weighted by atomic mass is 32.2. The number of hydrogen-bond acceptors (Lipinski definition) is 3. The highest BCUT2D eigenvalue weighted by Crippen LogP contribution is 2.20. The van der Waals surface area contributed by atoms with Crippen LogP contribution < -0.4 is 5.32 Å². The molecule has 0 amide bonds. The number of sulfonamides is 1. The molecule has 21 heavy (non-hydrogen) atoms. The second kappa shape index (κ2) is 6.85. The van der Waals surface area contributed by atoms with Gasteiger partial charge in [0.05, 0.1) is 4.90 Å². The van der Waals surface area contributed by atoms with E-state index in [1.807, 2.05) is 6.92 Å². The number of aryl methyl sites for hydroxylation is 1. The molecular weight excluding hydrogens is 291 g/mol. The second-order valence-corrected chi connectivity index (χ2v) is 7.51. The summed E-state index contributed by atoms with van der Waals surface area (Å²) in [6.45, 7) is 5.41. The van der Waals surface area contributed by atoms with Crippen molar-refractivity contribution in [1.82, 2.24) is 9.62 Å². The highest BCUT2D eigenvalue weighted by molar-refractivity contribution is 7.89. The normalized spacial score (nSPS) is 19.3. The largest absolute Gasteiger partial charge is 0.313 e. The summed E-state index contributed by atoms with van der Waals surface area (Å²) in [5.41, 5.74) is 0.452. The lowest BCUT2D eigenvalue weighted by atomic mass is 10.2. The third kappa shape index (κ3) is 3.81. The summed E-state index contributed by atoms with van der Waals surface area (Å²) >= 11 is 0. The van der Waals surface area contributed by atoms with Crippen LogP contribution in [-0.4, -0.2) is 38.4 Å². The SMILES string of the molecule is CCCN(CC1CCCN1)S(=O)(=O)c1ccc(C)c(F)c1. The van der Waals surface area contributed by atoms with E-state index in [-0.39, 0.29) is 10.9 Å². The van der Waals surface area contributed by atoms with Gasteiger partial charge in [0.1, 0.15) is 5.82 Å². The Bertz CT molecular complexity index is 583. The van der Waals surface area contributed by atoms with Crippen molar-refractivity contribution in [2.75, 3.05) is 19.6 Å². The molecule has 1 aliphatic heterocycles. The number of benzene rings is 1. The molecule has 0 radical (unpaired) electrons. The van der Waals surface area contributed by atoms with Crippen molar-refractivity contribution in [1.29, 1.82) is 0 Å². The maximum atomic E-state index is 13.7. The van der Waals surface area contributed by atoms with Crippen LogP contribution >= 0.6 is 0 Å². The second-order valence-electron chi connectivity index (χ2n) is 5.57. The first-order valence-corrected chi connectivity index (χ1v) is 8.89. The van der Waals surface area contributed by atoms with E-state index in [0.717, 1.165) is 31.9 Å². The minimum Gasteiger partial charge on any atom is -0.313 e. The molecule has 0 spiro atoms. The molecule has 0 aromatic heterocycles. The minimum atomic E-state index is -3.64. The van der Waals surface area contributed by atoms with Gasteiger partial charge in [0.2, 0.25) is 10.0 Å². The zero-order chi connectivity index (χ0) is 15.5. The van der Waals surface area contributed by atoms with Crippen LogP contribution in [0.2, 0.25) is 0 Å². The third-order valence-corrected chi connectivity index (χ3v) is 5.70. The molecule has 0 saturated carbocycles. The predicted octanol–water partition coefficient (Wildman–Crippen LogP) is 2.29. The van der Waals surface area contributed by atoms with Crippen LogP contribution in [0.5, 0.6) is 0 Å². The van der Waals surface area contributed by atoms with Crippen LogP contribution in [0.15, 0.2) is 23.1 Å². The van der Waals surface area contributed by atoms with Crippen molar-refractivity contribution in [3.63, 3.8) is 0 Å². The van der Waals surface area contributed by atoms with E-state index in [2.05, 4.69) is 5.32 Å². The highest BCUT2D eigenvalue weighted by Gasteiger charge is 2.28. The first-order chi connectivity index (χ1) is 9.95. The summed E-state index contributed by atoms with van der Waals surface area (Å²) in [6.07, 6.45) is 2.79. The van der Waals surface area contributed by atoms with Crippen LogP contribution in [0.3, 0.4) is 0 Å². The van der Waals surface area contributed by atoms with Gasteiger partial charge in [-0.2, -0.15) is 4.31 Å². The summed E-state index contributed by atoms with van der Waals surface area (Å²) in [7, 11) is -3.64. The molecule has 1 unspecified atom stereocenters. The topological polar surface area (TPSA) is 49.4 Å². The molecule has 1 N–H and O–H groups in total. The molecule has 1 saturated heterocycles. The molecule has 4 nitrogen and oxygen atoms in total. The summed E-state index contributed by atoms with van der Waals surface area (Å²) in [5, 5.41) is 3.31. The molecular formula is C15H23FN2O2S. The van der Waals surface area contributed by atoms with Gasteiger partial charge in [0.25, 0.3) is 0 Å². The Morgan fingerprint density at radius 3 is 2.76 bits per heavy atom. The first-order valence-electron chi connectivity index (χ1n) is 7.45. The monoisotopic (exact) mass is 314 g/mol. The summed E-state index contributed by atoms with van der Waals surface area (Å²) in [5.74, 6) is -0.480. The van der Waals surface area contributed by atoms with E-state index in [1.165, 1.54) is 16.4 Å². The van der Waals surface area contributed by atoms with Gasteiger partial charge in [0.15, 0.2) is 0 Å². The zero-order valence-corrected chi connectivity index (χ0v) is 13.4. The van der Waals surface area contributed by atoms with Crippen molar-refractivity contribution >= 4 is 10.0 Å². The van der Waals surface area contributed by atoms with Gasteiger partial charge in [-0.1, -0.05) is 13.0 Å². The lowest BCUT2D eigenvalue weighted by Crippen LogP contribution is -2.41.